The van der Waals surface area contributed by atoms with Gasteiger partial charge in [0.1, 0.15) is 0 Å². The van der Waals surface area contributed by atoms with Crippen molar-refractivity contribution in [3.63, 3.8) is 0 Å². The second kappa shape index (κ2) is 7.44. The maximum Gasteiger partial charge on any atom is 0.318 e. The molecule has 0 spiro atoms. The molecule has 0 aliphatic heterocycles. The molecule has 0 saturated heterocycles. The summed E-state index contributed by atoms with van der Waals surface area (Å²) in [4.78, 5) is 34.5. The first-order valence-corrected chi connectivity index (χ1v) is 6.89. The molecule has 0 saturated carbocycles. The minimum Gasteiger partial charge on any atom is -0.347 e. The zero-order chi connectivity index (χ0) is 16.8. The maximum atomic E-state index is 11.7. The number of anilines is 2. The molecule has 22 heavy (non-hydrogen) atoms. The lowest BCUT2D eigenvalue weighted by molar-refractivity contribution is -0.130. The Labute approximate surface area is 129 Å². The summed E-state index contributed by atoms with van der Waals surface area (Å²) in [6.07, 6.45) is 0. The van der Waals surface area contributed by atoms with Gasteiger partial charge < -0.3 is 21.3 Å². The molecule has 1 aromatic rings. The first kappa shape index (κ1) is 17.5. The highest BCUT2D eigenvalue weighted by Gasteiger charge is 2.21. The van der Waals surface area contributed by atoms with Crippen LogP contribution in [0.15, 0.2) is 24.3 Å². The fourth-order valence-electron chi connectivity index (χ4n) is 1.46. The minimum absolute atomic E-state index is 0.0889. The van der Waals surface area contributed by atoms with Gasteiger partial charge in [0.2, 0.25) is 11.8 Å². The summed E-state index contributed by atoms with van der Waals surface area (Å²) >= 11 is 0. The van der Waals surface area contributed by atoms with Gasteiger partial charge in [-0.25, -0.2) is 4.79 Å². The first-order valence-electron chi connectivity index (χ1n) is 6.89. The molecular formula is C15H22N4O3. The highest BCUT2D eigenvalue weighted by molar-refractivity contribution is 5.95. The first-order chi connectivity index (χ1) is 10.2. The van der Waals surface area contributed by atoms with Gasteiger partial charge in [-0.2, -0.15) is 0 Å². The summed E-state index contributed by atoms with van der Waals surface area (Å²) < 4.78 is 0. The van der Waals surface area contributed by atoms with Crippen LogP contribution in [0.4, 0.5) is 16.2 Å². The molecule has 1 rings (SSSR count). The molecule has 0 bridgehead atoms. The van der Waals surface area contributed by atoms with Gasteiger partial charge in [0.15, 0.2) is 0 Å². The normalized spacial score (nSPS) is 10.5. The van der Waals surface area contributed by atoms with E-state index in [2.05, 4.69) is 21.3 Å². The lowest BCUT2D eigenvalue weighted by Gasteiger charge is -2.17. The topological polar surface area (TPSA) is 99.3 Å². The molecule has 120 valence electrons. The Morgan fingerprint density at radius 2 is 1.45 bits per heavy atom. The van der Waals surface area contributed by atoms with Gasteiger partial charge in [-0.1, -0.05) is 20.8 Å². The standard InChI is InChI=1S/C15H22N4O3/c1-15(2,3)13(21)17-9-12(20)18-10-5-7-11(8-6-10)19-14(22)16-4/h5-8H,9H2,1-4H3,(H,17,21)(H,18,20)(H2,16,19,22). The van der Waals surface area contributed by atoms with Crippen molar-refractivity contribution in [3.05, 3.63) is 24.3 Å². The lowest BCUT2D eigenvalue weighted by atomic mass is 9.96. The second-order valence-corrected chi connectivity index (χ2v) is 5.76. The van der Waals surface area contributed by atoms with E-state index in [-0.39, 0.29) is 24.4 Å². The van der Waals surface area contributed by atoms with Crippen molar-refractivity contribution in [2.24, 2.45) is 5.41 Å². The molecule has 0 unspecified atom stereocenters. The monoisotopic (exact) mass is 306 g/mol. The average Bonchev–Trinajstić information content (AvgIpc) is 2.45. The van der Waals surface area contributed by atoms with E-state index in [1.807, 2.05) is 0 Å². The number of hydrogen-bond donors (Lipinski definition) is 4. The van der Waals surface area contributed by atoms with Crippen LogP contribution in [0.5, 0.6) is 0 Å². The third-order valence-corrected chi connectivity index (χ3v) is 2.74. The predicted molar refractivity (Wildman–Crippen MR) is 85.6 cm³/mol. The minimum atomic E-state index is -0.534. The Balaban J connectivity index is 2.48. The number of carbonyl (C=O) groups excluding carboxylic acids is 3. The van der Waals surface area contributed by atoms with Gasteiger partial charge in [0, 0.05) is 23.8 Å². The Morgan fingerprint density at radius 1 is 0.955 bits per heavy atom. The molecule has 1 aromatic carbocycles. The Hall–Kier alpha value is -2.57. The smallest absolute Gasteiger partial charge is 0.318 e. The van der Waals surface area contributed by atoms with Gasteiger partial charge >= 0.3 is 6.03 Å². The van der Waals surface area contributed by atoms with Crippen LogP contribution in [0.1, 0.15) is 20.8 Å². The average molecular weight is 306 g/mol. The van der Waals surface area contributed by atoms with E-state index in [0.29, 0.717) is 11.4 Å². The van der Waals surface area contributed by atoms with Gasteiger partial charge in [0.05, 0.1) is 6.54 Å². The summed E-state index contributed by atoms with van der Waals surface area (Å²) in [6, 6.07) is 6.34. The van der Waals surface area contributed by atoms with Crippen LogP contribution in [-0.2, 0) is 9.59 Å². The zero-order valence-corrected chi connectivity index (χ0v) is 13.2. The molecule has 0 aliphatic rings. The SMILES string of the molecule is CNC(=O)Nc1ccc(NC(=O)CNC(=O)C(C)(C)C)cc1. The molecule has 4 amide bonds. The molecule has 0 fully saturated rings. The van der Waals surface area contributed by atoms with Crippen LogP contribution in [0.3, 0.4) is 0 Å². The Morgan fingerprint density at radius 3 is 1.91 bits per heavy atom. The molecule has 7 heteroatoms. The number of amides is 4. The van der Waals surface area contributed by atoms with E-state index >= 15 is 0 Å². The fraction of sp³-hybridized carbons (Fsp3) is 0.400. The van der Waals surface area contributed by atoms with Gasteiger partial charge in [-0.05, 0) is 24.3 Å². The second-order valence-electron chi connectivity index (χ2n) is 5.76. The van der Waals surface area contributed by atoms with E-state index in [1.54, 1.807) is 45.0 Å². The highest BCUT2D eigenvalue weighted by atomic mass is 16.2. The number of carbonyl (C=O) groups is 3. The van der Waals surface area contributed by atoms with Crippen LogP contribution in [-0.4, -0.2) is 31.4 Å². The summed E-state index contributed by atoms with van der Waals surface area (Å²) in [5.74, 6) is -0.502. The molecule has 0 atom stereocenters. The molecule has 7 nitrogen and oxygen atoms in total. The quantitative estimate of drug-likeness (QED) is 0.679. The summed E-state index contributed by atoms with van der Waals surface area (Å²) in [6.45, 7) is 5.24. The molecule has 0 radical (unpaired) electrons. The van der Waals surface area contributed by atoms with Crippen molar-refractivity contribution in [2.75, 3.05) is 24.2 Å². The highest BCUT2D eigenvalue weighted by Crippen LogP contribution is 2.14. The Kier molecular flexibility index (Phi) is 5.91. The summed E-state index contributed by atoms with van der Waals surface area (Å²) in [5, 5.41) is 10.3. The third kappa shape index (κ3) is 5.82. The van der Waals surface area contributed by atoms with E-state index in [9.17, 15) is 14.4 Å². The van der Waals surface area contributed by atoms with E-state index < -0.39 is 5.41 Å². The number of rotatable bonds is 4. The summed E-state index contributed by atoms with van der Waals surface area (Å²) in [7, 11) is 1.52. The van der Waals surface area contributed by atoms with Crippen LogP contribution in [0.25, 0.3) is 0 Å². The number of nitrogens with one attached hydrogen (secondary N) is 4. The number of benzene rings is 1. The molecule has 0 aliphatic carbocycles. The van der Waals surface area contributed by atoms with Crippen LogP contribution >= 0.6 is 0 Å². The molecule has 0 aromatic heterocycles. The number of hydrogen-bond acceptors (Lipinski definition) is 3. The fourth-order valence-corrected chi connectivity index (χ4v) is 1.46. The van der Waals surface area contributed by atoms with Crippen LogP contribution < -0.4 is 21.3 Å². The maximum absolute atomic E-state index is 11.7. The lowest BCUT2D eigenvalue weighted by Crippen LogP contribution is -2.39. The largest absolute Gasteiger partial charge is 0.347 e. The van der Waals surface area contributed by atoms with Crippen molar-refractivity contribution in [1.82, 2.24) is 10.6 Å². The molecule has 0 heterocycles. The van der Waals surface area contributed by atoms with Crippen LogP contribution in [0.2, 0.25) is 0 Å². The van der Waals surface area contributed by atoms with Crippen molar-refractivity contribution >= 4 is 29.2 Å². The van der Waals surface area contributed by atoms with Crippen molar-refractivity contribution in [1.29, 1.82) is 0 Å². The van der Waals surface area contributed by atoms with Crippen molar-refractivity contribution < 1.29 is 14.4 Å². The van der Waals surface area contributed by atoms with Crippen molar-refractivity contribution in [2.45, 2.75) is 20.8 Å². The van der Waals surface area contributed by atoms with Gasteiger partial charge in [-0.15, -0.1) is 0 Å². The number of urea groups is 1. The molecular weight excluding hydrogens is 284 g/mol. The Bertz CT molecular complexity index is 547. The predicted octanol–water partition coefficient (Wildman–Crippen LogP) is 1.54. The van der Waals surface area contributed by atoms with Gasteiger partial charge in [0.25, 0.3) is 0 Å². The summed E-state index contributed by atoms with van der Waals surface area (Å²) in [5.41, 5.74) is 0.656. The van der Waals surface area contributed by atoms with Crippen molar-refractivity contribution in [3.8, 4) is 0 Å². The zero-order valence-electron chi connectivity index (χ0n) is 13.2. The van der Waals surface area contributed by atoms with Crippen LogP contribution in [0, 0.1) is 5.41 Å². The van der Waals surface area contributed by atoms with E-state index in [0.717, 1.165) is 0 Å². The molecule has 4 N–H and O–H groups in total. The van der Waals surface area contributed by atoms with E-state index in [1.165, 1.54) is 7.05 Å². The van der Waals surface area contributed by atoms with Gasteiger partial charge in [-0.3, -0.25) is 9.59 Å². The third-order valence-electron chi connectivity index (χ3n) is 2.74. The van der Waals surface area contributed by atoms with E-state index in [4.69, 9.17) is 0 Å².